The zero-order valence-electron chi connectivity index (χ0n) is 15.4. The van der Waals surface area contributed by atoms with Gasteiger partial charge in [0.1, 0.15) is 0 Å². The molecule has 152 valence electrons. The molecule has 0 N–H and O–H groups in total. The van der Waals surface area contributed by atoms with Gasteiger partial charge in [-0.3, -0.25) is 0 Å². The van der Waals surface area contributed by atoms with Crippen molar-refractivity contribution in [1.29, 1.82) is 0 Å². The van der Waals surface area contributed by atoms with Gasteiger partial charge in [0.25, 0.3) is 0 Å². The van der Waals surface area contributed by atoms with Crippen LogP contribution in [-0.4, -0.2) is 25.9 Å². The van der Waals surface area contributed by atoms with Gasteiger partial charge in [0.15, 0.2) is 17.9 Å². The monoisotopic (exact) mass is 390 g/mol. The molecule has 7 heteroatoms. The SMILES string of the molecule is CC1CCC(C2COC(CCc3ccc(OC(F)(F)F)c(F)c3)OC2)CC1. The highest BCUT2D eigenvalue weighted by molar-refractivity contribution is 5.29. The zero-order valence-corrected chi connectivity index (χ0v) is 15.4. The van der Waals surface area contributed by atoms with Gasteiger partial charge in [-0.1, -0.05) is 25.8 Å². The fourth-order valence-corrected chi connectivity index (χ4v) is 3.95. The topological polar surface area (TPSA) is 27.7 Å². The van der Waals surface area contributed by atoms with Crippen LogP contribution in [0.15, 0.2) is 18.2 Å². The van der Waals surface area contributed by atoms with Crippen LogP contribution in [0.3, 0.4) is 0 Å². The molecule has 0 atom stereocenters. The van der Waals surface area contributed by atoms with Crippen LogP contribution >= 0.6 is 0 Å². The summed E-state index contributed by atoms with van der Waals surface area (Å²) in [5, 5.41) is 0. The molecule has 0 unspecified atom stereocenters. The number of hydrogen-bond donors (Lipinski definition) is 0. The highest BCUT2D eigenvalue weighted by Crippen LogP contribution is 2.35. The lowest BCUT2D eigenvalue weighted by molar-refractivity contribution is -0.275. The van der Waals surface area contributed by atoms with E-state index in [0.29, 0.717) is 43.5 Å². The van der Waals surface area contributed by atoms with Crippen LogP contribution in [0.5, 0.6) is 5.75 Å². The predicted molar refractivity (Wildman–Crippen MR) is 91.7 cm³/mol. The van der Waals surface area contributed by atoms with Crippen LogP contribution < -0.4 is 4.74 Å². The summed E-state index contributed by atoms with van der Waals surface area (Å²) in [5.74, 6) is 0.0677. The number of ether oxygens (including phenoxy) is 3. The van der Waals surface area contributed by atoms with E-state index in [1.165, 1.54) is 31.7 Å². The third-order valence-corrected chi connectivity index (χ3v) is 5.61. The van der Waals surface area contributed by atoms with Crippen molar-refractivity contribution in [2.24, 2.45) is 17.8 Å². The van der Waals surface area contributed by atoms with Gasteiger partial charge in [-0.2, -0.15) is 0 Å². The molecule has 1 saturated heterocycles. The van der Waals surface area contributed by atoms with Crippen molar-refractivity contribution in [3.8, 4) is 5.75 Å². The predicted octanol–water partition coefficient (Wildman–Crippen LogP) is 5.47. The first-order valence-electron chi connectivity index (χ1n) is 9.57. The molecule has 1 aromatic rings. The number of aryl methyl sites for hydroxylation is 1. The van der Waals surface area contributed by atoms with E-state index in [0.717, 1.165) is 18.1 Å². The van der Waals surface area contributed by atoms with Gasteiger partial charge in [0.2, 0.25) is 0 Å². The first kappa shape index (κ1) is 20.4. The van der Waals surface area contributed by atoms with E-state index >= 15 is 0 Å². The Hall–Kier alpha value is -1.34. The van der Waals surface area contributed by atoms with Crippen molar-refractivity contribution in [1.82, 2.24) is 0 Å². The minimum atomic E-state index is -4.90. The standard InChI is InChI=1S/C20H26F4O3/c1-13-2-6-15(7-3-13)16-11-25-19(26-12-16)9-5-14-4-8-18(17(21)10-14)27-20(22,23)24/h4,8,10,13,15-16,19H,2-3,5-7,9,11-12H2,1H3. The van der Waals surface area contributed by atoms with E-state index in [2.05, 4.69) is 11.7 Å². The third-order valence-electron chi connectivity index (χ3n) is 5.61. The minimum absolute atomic E-state index is 0.349. The zero-order chi connectivity index (χ0) is 19.4. The molecule has 0 aromatic heterocycles. The lowest BCUT2D eigenvalue weighted by Crippen LogP contribution is -2.37. The van der Waals surface area contributed by atoms with E-state index in [1.807, 2.05) is 0 Å². The van der Waals surface area contributed by atoms with E-state index < -0.39 is 17.9 Å². The summed E-state index contributed by atoms with van der Waals surface area (Å²) < 4.78 is 65.6. The summed E-state index contributed by atoms with van der Waals surface area (Å²) in [6, 6.07) is 3.50. The fraction of sp³-hybridized carbons (Fsp3) is 0.700. The Bertz CT molecular complexity index is 604. The van der Waals surface area contributed by atoms with Crippen molar-refractivity contribution in [2.45, 2.75) is 58.1 Å². The molecule has 1 aromatic carbocycles. The number of hydrogen-bond acceptors (Lipinski definition) is 3. The highest BCUT2D eigenvalue weighted by atomic mass is 19.4. The molecule has 3 nitrogen and oxygen atoms in total. The largest absolute Gasteiger partial charge is 0.573 e. The number of halogens is 4. The Labute approximate surface area is 157 Å². The molecule has 0 bridgehead atoms. The Kier molecular flexibility index (Phi) is 6.63. The summed E-state index contributed by atoms with van der Waals surface area (Å²) in [6.07, 6.45) is 0.738. The number of alkyl halides is 3. The van der Waals surface area contributed by atoms with Gasteiger partial charge < -0.3 is 14.2 Å². The summed E-state index contributed by atoms with van der Waals surface area (Å²) in [7, 11) is 0. The summed E-state index contributed by atoms with van der Waals surface area (Å²) in [6.45, 7) is 3.65. The van der Waals surface area contributed by atoms with Gasteiger partial charge in [-0.05, 0) is 48.8 Å². The smallest absolute Gasteiger partial charge is 0.403 e. The van der Waals surface area contributed by atoms with Crippen LogP contribution in [0.4, 0.5) is 17.6 Å². The van der Waals surface area contributed by atoms with E-state index in [1.54, 1.807) is 0 Å². The van der Waals surface area contributed by atoms with Gasteiger partial charge in [0.05, 0.1) is 13.2 Å². The van der Waals surface area contributed by atoms with Gasteiger partial charge >= 0.3 is 6.36 Å². The molecule has 2 aliphatic rings. The second-order valence-electron chi connectivity index (χ2n) is 7.73. The maximum absolute atomic E-state index is 13.7. The first-order valence-corrected chi connectivity index (χ1v) is 9.57. The average molecular weight is 390 g/mol. The summed E-state index contributed by atoms with van der Waals surface area (Å²) in [5.41, 5.74) is 0.581. The van der Waals surface area contributed by atoms with Crippen molar-refractivity contribution in [3.05, 3.63) is 29.6 Å². The molecule has 2 fully saturated rings. The average Bonchev–Trinajstić information content (AvgIpc) is 2.62. The van der Waals surface area contributed by atoms with Gasteiger partial charge in [0, 0.05) is 12.3 Å². The Morgan fingerprint density at radius 3 is 2.30 bits per heavy atom. The van der Waals surface area contributed by atoms with Crippen molar-refractivity contribution in [3.63, 3.8) is 0 Å². The second kappa shape index (κ2) is 8.78. The van der Waals surface area contributed by atoms with Crippen LogP contribution in [0, 0.1) is 23.6 Å². The maximum Gasteiger partial charge on any atom is 0.573 e. The molecule has 0 amide bonds. The molecule has 1 saturated carbocycles. The molecule has 1 heterocycles. The molecule has 0 radical (unpaired) electrons. The molecular weight excluding hydrogens is 364 g/mol. The molecule has 0 spiro atoms. The van der Waals surface area contributed by atoms with Crippen LogP contribution in [0.1, 0.15) is 44.6 Å². The van der Waals surface area contributed by atoms with Gasteiger partial charge in [-0.25, -0.2) is 4.39 Å². The second-order valence-corrected chi connectivity index (χ2v) is 7.73. The molecule has 1 aliphatic heterocycles. The maximum atomic E-state index is 13.7. The highest BCUT2D eigenvalue weighted by Gasteiger charge is 2.33. The summed E-state index contributed by atoms with van der Waals surface area (Å²) in [4.78, 5) is 0. The number of rotatable bonds is 5. The van der Waals surface area contributed by atoms with Crippen LogP contribution in [-0.2, 0) is 15.9 Å². The van der Waals surface area contributed by atoms with Crippen molar-refractivity contribution >= 4 is 0 Å². The van der Waals surface area contributed by atoms with E-state index in [9.17, 15) is 17.6 Å². The van der Waals surface area contributed by atoms with Crippen LogP contribution in [0.2, 0.25) is 0 Å². The molecule has 1 aliphatic carbocycles. The summed E-state index contributed by atoms with van der Waals surface area (Å²) >= 11 is 0. The third kappa shape index (κ3) is 6.07. The Morgan fingerprint density at radius 2 is 1.70 bits per heavy atom. The van der Waals surface area contributed by atoms with Crippen molar-refractivity contribution in [2.75, 3.05) is 13.2 Å². The Balaban J connectivity index is 1.43. The molecule has 3 rings (SSSR count). The minimum Gasteiger partial charge on any atom is -0.403 e. The van der Waals surface area contributed by atoms with E-state index in [-0.39, 0.29) is 6.29 Å². The van der Waals surface area contributed by atoms with Crippen LogP contribution in [0.25, 0.3) is 0 Å². The van der Waals surface area contributed by atoms with Gasteiger partial charge in [-0.15, -0.1) is 13.2 Å². The lowest BCUT2D eigenvalue weighted by atomic mass is 9.76. The lowest BCUT2D eigenvalue weighted by Gasteiger charge is -2.37. The molecular formula is C20H26F4O3. The van der Waals surface area contributed by atoms with Crippen molar-refractivity contribution < 1.29 is 31.8 Å². The Morgan fingerprint density at radius 1 is 1.04 bits per heavy atom. The first-order chi connectivity index (χ1) is 12.8. The fourth-order valence-electron chi connectivity index (χ4n) is 3.95. The van der Waals surface area contributed by atoms with E-state index in [4.69, 9.17) is 9.47 Å². The number of benzene rings is 1. The molecule has 27 heavy (non-hydrogen) atoms. The normalized spacial score (nSPS) is 29.5. The quantitative estimate of drug-likeness (QED) is 0.624.